The molecular weight excluding hydrogens is 416 g/mol. The zero-order valence-corrected chi connectivity index (χ0v) is 19.0. The molecule has 0 N–H and O–H groups in total. The molecule has 3 rings (SSSR count). The first kappa shape index (κ1) is 22.1. The Morgan fingerprint density at radius 2 is 2.03 bits per heavy atom. The standard InChI is InChI=1S/C22H24N4O2S2/c1-4-5-12-26-21(28)19-15(2)16(3)30-20(19)24-22(26)29-14-18(27)25(13-11-23)17-9-7-6-8-10-17/h6-10H,4-5,12-14H2,1-3H3. The van der Waals surface area contributed by atoms with Crippen molar-refractivity contribution in [3.05, 3.63) is 51.1 Å². The van der Waals surface area contributed by atoms with Crippen LogP contribution in [0.15, 0.2) is 40.3 Å². The summed E-state index contributed by atoms with van der Waals surface area (Å²) in [6.45, 7) is 6.57. The molecule has 0 saturated heterocycles. The Morgan fingerprint density at radius 1 is 1.30 bits per heavy atom. The molecule has 0 unspecified atom stereocenters. The van der Waals surface area contributed by atoms with Gasteiger partial charge in [-0.15, -0.1) is 11.3 Å². The predicted octanol–water partition coefficient (Wildman–Crippen LogP) is 4.52. The molecule has 1 aromatic carbocycles. The summed E-state index contributed by atoms with van der Waals surface area (Å²) in [5.41, 5.74) is 1.62. The largest absolute Gasteiger partial charge is 0.298 e. The zero-order chi connectivity index (χ0) is 21.7. The minimum atomic E-state index is -0.192. The molecule has 0 spiro atoms. The van der Waals surface area contributed by atoms with Crippen molar-refractivity contribution in [2.24, 2.45) is 0 Å². The third-order valence-electron chi connectivity index (χ3n) is 4.91. The number of fused-ring (bicyclic) bond motifs is 1. The molecule has 6 nitrogen and oxygen atoms in total. The lowest BCUT2D eigenvalue weighted by atomic mass is 10.2. The monoisotopic (exact) mass is 440 g/mol. The van der Waals surface area contributed by atoms with E-state index in [0.29, 0.717) is 22.8 Å². The molecule has 0 atom stereocenters. The van der Waals surface area contributed by atoms with E-state index < -0.39 is 0 Å². The highest BCUT2D eigenvalue weighted by Gasteiger charge is 2.20. The van der Waals surface area contributed by atoms with Crippen LogP contribution in [0.2, 0.25) is 0 Å². The summed E-state index contributed by atoms with van der Waals surface area (Å²) >= 11 is 2.77. The first-order chi connectivity index (χ1) is 14.5. The van der Waals surface area contributed by atoms with Crippen LogP contribution < -0.4 is 10.5 Å². The van der Waals surface area contributed by atoms with Crippen molar-refractivity contribution in [1.82, 2.24) is 9.55 Å². The van der Waals surface area contributed by atoms with Crippen LogP contribution >= 0.6 is 23.1 Å². The Bertz CT molecular complexity index is 1150. The number of carbonyl (C=O) groups excluding carboxylic acids is 1. The second kappa shape index (κ2) is 9.92. The molecule has 0 saturated carbocycles. The third kappa shape index (κ3) is 4.58. The van der Waals surface area contributed by atoms with Crippen molar-refractivity contribution in [3.63, 3.8) is 0 Å². The van der Waals surface area contributed by atoms with Gasteiger partial charge in [0.05, 0.1) is 17.2 Å². The van der Waals surface area contributed by atoms with Crippen molar-refractivity contribution in [2.45, 2.75) is 45.3 Å². The normalized spacial score (nSPS) is 10.9. The van der Waals surface area contributed by atoms with Gasteiger partial charge in [0.15, 0.2) is 5.16 Å². The summed E-state index contributed by atoms with van der Waals surface area (Å²) in [5.74, 6) is -0.0908. The number of anilines is 1. The lowest BCUT2D eigenvalue weighted by Crippen LogP contribution is -2.33. The summed E-state index contributed by atoms with van der Waals surface area (Å²) in [4.78, 5) is 34.0. The SMILES string of the molecule is CCCCn1c(SCC(=O)N(CC#N)c2ccccc2)nc2sc(C)c(C)c2c1=O. The number of benzene rings is 1. The van der Waals surface area contributed by atoms with Crippen molar-refractivity contribution in [3.8, 4) is 6.07 Å². The van der Waals surface area contributed by atoms with Crippen LogP contribution in [0.5, 0.6) is 0 Å². The Kier molecular flexibility index (Phi) is 7.29. The van der Waals surface area contributed by atoms with Gasteiger partial charge in [0.1, 0.15) is 11.4 Å². The maximum atomic E-state index is 13.2. The van der Waals surface area contributed by atoms with E-state index in [1.54, 1.807) is 16.7 Å². The Hall–Kier alpha value is -2.63. The maximum Gasteiger partial charge on any atom is 0.263 e. The van der Waals surface area contributed by atoms with Gasteiger partial charge in [0.2, 0.25) is 5.91 Å². The molecule has 2 aromatic heterocycles. The van der Waals surface area contributed by atoms with Crippen molar-refractivity contribution in [2.75, 3.05) is 17.2 Å². The second-order valence-corrected chi connectivity index (χ2v) is 9.08. The van der Waals surface area contributed by atoms with E-state index in [0.717, 1.165) is 28.1 Å². The van der Waals surface area contributed by atoms with E-state index in [1.165, 1.54) is 28.0 Å². The van der Waals surface area contributed by atoms with E-state index in [-0.39, 0.29) is 23.8 Å². The maximum absolute atomic E-state index is 13.2. The summed E-state index contributed by atoms with van der Waals surface area (Å²) in [7, 11) is 0. The number of amides is 1. The number of hydrogen-bond acceptors (Lipinski definition) is 6. The number of unbranched alkanes of at least 4 members (excludes halogenated alkanes) is 1. The molecule has 0 aliphatic heterocycles. The number of thioether (sulfide) groups is 1. The molecule has 8 heteroatoms. The minimum absolute atomic E-state index is 0.0260. The molecule has 0 radical (unpaired) electrons. The van der Waals surface area contributed by atoms with E-state index in [9.17, 15) is 9.59 Å². The van der Waals surface area contributed by atoms with Crippen LogP contribution in [-0.2, 0) is 11.3 Å². The number of rotatable bonds is 8. The van der Waals surface area contributed by atoms with Crippen molar-refractivity contribution in [1.29, 1.82) is 5.26 Å². The van der Waals surface area contributed by atoms with Crippen LogP contribution in [0.25, 0.3) is 10.2 Å². The van der Waals surface area contributed by atoms with Gasteiger partial charge in [-0.3, -0.25) is 19.1 Å². The quantitative estimate of drug-likeness (QED) is 0.292. The van der Waals surface area contributed by atoms with Gasteiger partial charge >= 0.3 is 0 Å². The minimum Gasteiger partial charge on any atom is -0.298 e. The van der Waals surface area contributed by atoms with Crippen molar-refractivity contribution < 1.29 is 4.79 Å². The Balaban J connectivity index is 1.91. The van der Waals surface area contributed by atoms with Gasteiger partial charge in [-0.1, -0.05) is 43.3 Å². The van der Waals surface area contributed by atoms with Gasteiger partial charge in [0.25, 0.3) is 5.56 Å². The molecule has 0 fully saturated rings. The molecule has 3 aromatic rings. The number of aryl methyl sites for hydroxylation is 2. The number of aromatic nitrogens is 2. The summed E-state index contributed by atoms with van der Waals surface area (Å²) in [6.07, 6.45) is 1.82. The first-order valence-electron chi connectivity index (χ1n) is 9.83. The fraction of sp³-hybridized carbons (Fsp3) is 0.364. The van der Waals surface area contributed by atoms with E-state index >= 15 is 0 Å². The molecule has 30 heavy (non-hydrogen) atoms. The summed E-state index contributed by atoms with van der Waals surface area (Å²) in [5, 5.41) is 10.4. The second-order valence-electron chi connectivity index (χ2n) is 6.93. The number of nitrogens with zero attached hydrogens (tertiary/aromatic N) is 4. The van der Waals surface area contributed by atoms with Gasteiger partial charge in [-0.2, -0.15) is 5.26 Å². The van der Waals surface area contributed by atoms with Crippen molar-refractivity contribution >= 4 is 44.9 Å². The Labute approximate surface area is 184 Å². The molecule has 0 bridgehead atoms. The van der Waals surface area contributed by atoms with Crippen LogP contribution in [0.4, 0.5) is 5.69 Å². The van der Waals surface area contributed by atoms with E-state index in [1.807, 2.05) is 32.0 Å². The third-order valence-corrected chi connectivity index (χ3v) is 6.97. The fourth-order valence-electron chi connectivity index (χ4n) is 3.14. The molecule has 0 aliphatic carbocycles. The predicted molar refractivity (Wildman–Crippen MR) is 123 cm³/mol. The van der Waals surface area contributed by atoms with Crippen LogP contribution in [0.3, 0.4) is 0 Å². The first-order valence-corrected chi connectivity index (χ1v) is 11.6. The number of para-hydroxylation sites is 1. The topological polar surface area (TPSA) is 79.0 Å². The fourth-order valence-corrected chi connectivity index (χ4v) is 5.11. The molecule has 156 valence electrons. The number of nitriles is 1. The number of thiophene rings is 1. The highest BCUT2D eigenvalue weighted by atomic mass is 32.2. The van der Waals surface area contributed by atoms with Gasteiger partial charge in [-0.25, -0.2) is 4.98 Å². The van der Waals surface area contributed by atoms with Crippen LogP contribution in [0.1, 0.15) is 30.2 Å². The molecule has 2 heterocycles. The van der Waals surface area contributed by atoms with Gasteiger partial charge in [-0.05, 0) is 38.0 Å². The van der Waals surface area contributed by atoms with Crippen LogP contribution in [0, 0.1) is 25.2 Å². The average molecular weight is 441 g/mol. The molecule has 0 aliphatic rings. The lowest BCUT2D eigenvalue weighted by Gasteiger charge is -2.20. The van der Waals surface area contributed by atoms with E-state index in [4.69, 9.17) is 10.2 Å². The highest BCUT2D eigenvalue weighted by Crippen LogP contribution is 2.29. The highest BCUT2D eigenvalue weighted by molar-refractivity contribution is 7.99. The zero-order valence-electron chi connectivity index (χ0n) is 17.3. The summed E-state index contributed by atoms with van der Waals surface area (Å²) < 4.78 is 1.69. The number of hydrogen-bond donors (Lipinski definition) is 0. The van der Waals surface area contributed by atoms with Gasteiger partial charge < -0.3 is 0 Å². The lowest BCUT2D eigenvalue weighted by molar-refractivity contribution is -0.116. The number of carbonyl (C=O) groups is 1. The smallest absolute Gasteiger partial charge is 0.263 e. The van der Waals surface area contributed by atoms with Gasteiger partial charge in [0, 0.05) is 17.1 Å². The summed E-state index contributed by atoms with van der Waals surface area (Å²) in [6, 6.07) is 11.2. The van der Waals surface area contributed by atoms with E-state index in [2.05, 4.69) is 13.0 Å². The average Bonchev–Trinajstić information content (AvgIpc) is 3.04. The van der Waals surface area contributed by atoms with Crippen LogP contribution in [-0.4, -0.2) is 27.8 Å². The molecular formula is C22H24N4O2S2. The molecule has 1 amide bonds. The Morgan fingerprint density at radius 3 is 2.70 bits per heavy atom.